The van der Waals surface area contributed by atoms with Crippen LogP contribution < -0.4 is 27.0 Å². The Morgan fingerprint density at radius 2 is 1.35 bits per heavy atom. The Kier molecular flexibility index (Phi) is 8.22. The molecule has 34 heavy (non-hydrogen) atoms. The number of benzene rings is 2. The number of primary amides is 2. The Hall–Kier alpha value is -3.90. The number of nitrogen functional groups attached to an aromatic ring is 1. The SMILES string of the molecule is NC(=O)COC1CN(c2cccc(N)c2)C1.NC(=O)COC1CN(c2cccc([N+](=O)[O-])c2)C1. The first kappa shape index (κ1) is 24.7. The van der Waals surface area contributed by atoms with Gasteiger partial charge in [-0.25, -0.2) is 0 Å². The van der Waals surface area contributed by atoms with Gasteiger partial charge in [0.05, 0.1) is 17.1 Å². The number of nitrogens with two attached hydrogens (primary N) is 3. The summed E-state index contributed by atoms with van der Waals surface area (Å²) in [6.45, 7) is 2.67. The maximum absolute atomic E-state index is 10.6. The smallest absolute Gasteiger partial charge is 0.271 e. The van der Waals surface area contributed by atoms with Crippen LogP contribution in [-0.2, 0) is 19.1 Å². The zero-order chi connectivity index (χ0) is 24.7. The molecule has 12 nitrogen and oxygen atoms in total. The van der Waals surface area contributed by atoms with Crippen molar-refractivity contribution < 1.29 is 24.0 Å². The zero-order valence-electron chi connectivity index (χ0n) is 18.5. The summed E-state index contributed by atoms with van der Waals surface area (Å²) in [5.74, 6) is -0.925. The van der Waals surface area contributed by atoms with E-state index >= 15 is 0 Å². The third-order valence-corrected chi connectivity index (χ3v) is 5.26. The van der Waals surface area contributed by atoms with Crippen molar-refractivity contribution in [2.24, 2.45) is 11.5 Å². The summed E-state index contributed by atoms with van der Waals surface area (Å²) in [5.41, 5.74) is 18.3. The van der Waals surface area contributed by atoms with Crippen LogP contribution in [0.3, 0.4) is 0 Å². The van der Waals surface area contributed by atoms with Crippen LogP contribution in [0.4, 0.5) is 22.7 Å². The van der Waals surface area contributed by atoms with Crippen molar-refractivity contribution in [1.82, 2.24) is 0 Å². The van der Waals surface area contributed by atoms with Gasteiger partial charge in [-0.15, -0.1) is 0 Å². The Balaban J connectivity index is 0.000000192. The first-order valence-corrected chi connectivity index (χ1v) is 10.6. The molecule has 0 atom stereocenters. The molecule has 2 aliphatic heterocycles. The van der Waals surface area contributed by atoms with Gasteiger partial charge in [0, 0.05) is 55.4 Å². The number of nitro benzene ring substituents is 1. The van der Waals surface area contributed by atoms with E-state index in [9.17, 15) is 19.7 Å². The van der Waals surface area contributed by atoms with Gasteiger partial charge < -0.3 is 36.5 Å². The molecule has 182 valence electrons. The highest BCUT2D eigenvalue weighted by Crippen LogP contribution is 2.26. The van der Waals surface area contributed by atoms with Gasteiger partial charge in [-0.2, -0.15) is 0 Å². The number of rotatable bonds is 9. The van der Waals surface area contributed by atoms with Crippen LogP contribution in [0.25, 0.3) is 0 Å². The van der Waals surface area contributed by atoms with E-state index in [4.69, 9.17) is 26.7 Å². The minimum atomic E-state index is -0.496. The summed E-state index contributed by atoms with van der Waals surface area (Å²) in [7, 11) is 0. The van der Waals surface area contributed by atoms with Gasteiger partial charge in [0.1, 0.15) is 13.2 Å². The van der Waals surface area contributed by atoms with Gasteiger partial charge in [-0.3, -0.25) is 19.7 Å². The molecule has 0 aliphatic carbocycles. The maximum Gasteiger partial charge on any atom is 0.271 e. The normalized spacial score (nSPS) is 15.5. The van der Waals surface area contributed by atoms with Crippen LogP contribution in [-0.4, -0.2) is 68.3 Å². The minimum absolute atomic E-state index is 0.00453. The Labute approximate surface area is 196 Å². The van der Waals surface area contributed by atoms with Crippen molar-refractivity contribution in [3.63, 3.8) is 0 Å². The predicted molar refractivity (Wildman–Crippen MR) is 126 cm³/mol. The average molecular weight is 473 g/mol. The fourth-order valence-corrected chi connectivity index (χ4v) is 3.43. The summed E-state index contributed by atoms with van der Waals surface area (Å²) in [5, 5.41) is 10.6. The first-order valence-electron chi connectivity index (χ1n) is 10.6. The van der Waals surface area contributed by atoms with Crippen LogP contribution in [0.2, 0.25) is 0 Å². The van der Waals surface area contributed by atoms with Crippen molar-refractivity contribution in [2.75, 3.05) is 54.9 Å². The fourth-order valence-electron chi connectivity index (χ4n) is 3.43. The highest BCUT2D eigenvalue weighted by Gasteiger charge is 2.29. The molecule has 2 amide bonds. The molecular formula is C22H28N6O6. The van der Waals surface area contributed by atoms with E-state index in [1.165, 1.54) is 12.1 Å². The van der Waals surface area contributed by atoms with Gasteiger partial charge in [0.25, 0.3) is 5.69 Å². The number of ether oxygens (including phenoxy) is 2. The lowest BCUT2D eigenvalue weighted by atomic mass is 10.1. The summed E-state index contributed by atoms with van der Waals surface area (Å²) in [4.78, 5) is 35.3. The molecule has 2 saturated heterocycles. The lowest BCUT2D eigenvalue weighted by molar-refractivity contribution is -0.384. The molecule has 0 aromatic heterocycles. The zero-order valence-corrected chi connectivity index (χ0v) is 18.5. The molecule has 2 fully saturated rings. The second kappa shape index (κ2) is 11.3. The molecule has 0 spiro atoms. The Morgan fingerprint density at radius 3 is 1.79 bits per heavy atom. The van der Waals surface area contributed by atoms with Crippen LogP contribution >= 0.6 is 0 Å². The van der Waals surface area contributed by atoms with Gasteiger partial charge in [0.15, 0.2) is 0 Å². The largest absolute Gasteiger partial charge is 0.399 e. The maximum atomic E-state index is 10.6. The molecule has 2 heterocycles. The third kappa shape index (κ3) is 7.05. The van der Waals surface area contributed by atoms with E-state index in [2.05, 4.69) is 4.90 Å². The van der Waals surface area contributed by atoms with E-state index in [0.29, 0.717) is 13.1 Å². The number of carbonyl (C=O) groups is 2. The summed E-state index contributed by atoms with van der Waals surface area (Å²) in [6, 6.07) is 14.1. The molecule has 0 radical (unpaired) electrons. The molecule has 2 aromatic rings. The second-order valence-corrected chi connectivity index (χ2v) is 7.98. The molecule has 6 N–H and O–H groups in total. The van der Waals surface area contributed by atoms with Crippen LogP contribution in [0, 0.1) is 10.1 Å². The topological polar surface area (TPSA) is 180 Å². The van der Waals surface area contributed by atoms with Crippen LogP contribution in [0.15, 0.2) is 48.5 Å². The summed E-state index contributed by atoms with van der Waals surface area (Å²) in [6.07, 6.45) is 0.0469. The number of anilines is 3. The standard InChI is InChI=1S/C11H13N3O4.C11H15N3O2/c12-11(15)7-18-10-5-13(6-10)8-2-1-3-9(4-8)14(16)17;12-8-2-1-3-9(4-8)14-5-10(6-14)16-7-11(13)15/h1-4,10H,5-7H2,(H2,12,15);1-4,10H,5-7,12H2,(H2,13,15). The molecule has 4 rings (SSSR count). The van der Waals surface area contributed by atoms with Crippen molar-refractivity contribution >= 4 is 34.6 Å². The first-order chi connectivity index (χ1) is 16.2. The molecule has 0 unspecified atom stereocenters. The Morgan fingerprint density at radius 1 is 0.882 bits per heavy atom. The van der Waals surface area contributed by atoms with Crippen LogP contribution in [0.1, 0.15) is 0 Å². The lowest BCUT2D eigenvalue weighted by Gasteiger charge is -2.40. The summed E-state index contributed by atoms with van der Waals surface area (Å²) >= 11 is 0. The Bertz CT molecular complexity index is 1020. The van der Waals surface area contributed by atoms with Crippen molar-refractivity contribution in [3.8, 4) is 0 Å². The summed E-state index contributed by atoms with van der Waals surface area (Å²) < 4.78 is 10.5. The molecular weight excluding hydrogens is 444 g/mol. The molecule has 12 heteroatoms. The van der Waals surface area contributed by atoms with Gasteiger partial charge in [0.2, 0.25) is 11.8 Å². The number of hydrogen-bond donors (Lipinski definition) is 3. The highest BCUT2D eigenvalue weighted by atomic mass is 16.6. The number of non-ortho nitro benzene ring substituents is 1. The van der Waals surface area contributed by atoms with E-state index < -0.39 is 16.7 Å². The van der Waals surface area contributed by atoms with E-state index in [-0.39, 0.29) is 31.1 Å². The van der Waals surface area contributed by atoms with E-state index in [1.807, 2.05) is 29.2 Å². The monoisotopic (exact) mass is 472 g/mol. The molecule has 2 aliphatic rings. The van der Waals surface area contributed by atoms with Crippen molar-refractivity contribution in [3.05, 3.63) is 58.6 Å². The number of nitrogens with zero attached hydrogens (tertiary/aromatic N) is 3. The highest BCUT2D eigenvalue weighted by molar-refractivity contribution is 5.75. The fraction of sp³-hybridized carbons (Fsp3) is 0.364. The van der Waals surface area contributed by atoms with Gasteiger partial charge >= 0.3 is 0 Å². The molecule has 0 bridgehead atoms. The molecule has 2 aromatic carbocycles. The number of nitro groups is 1. The van der Waals surface area contributed by atoms with Crippen LogP contribution in [0.5, 0.6) is 0 Å². The van der Waals surface area contributed by atoms with Gasteiger partial charge in [-0.05, 0) is 24.3 Å². The quantitative estimate of drug-likeness (QED) is 0.262. The number of carbonyl (C=O) groups excluding carboxylic acids is 2. The van der Waals surface area contributed by atoms with E-state index in [0.717, 1.165) is 30.2 Å². The second-order valence-electron chi connectivity index (χ2n) is 7.98. The molecule has 0 saturated carbocycles. The van der Waals surface area contributed by atoms with Gasteiger partial charge in [-0.1, -0.05) is 12.1 Å². The number of amides is 2. The van der Waals surface area contributed by atoms with E-state index in [1.54, 1.807) is 12.1 Å². The third-order valence-electron chi connectivity index (χ3n) is 5.26. The minimum Gasteiger partial charge on any atom is -0.399 e. The van der Waals surface area contributed by atoms with Crippen molar-refractivity contribution in [2.45, 2.75) is 12.2 Å². The number of hydrogen-bond acceptors (Lipinski definition) is 9. The predicted octanol–water partition coefficient (Wildman–Crippen LogP) is 0.245. The van der Waals surface area contributed by atoms with Crippen molar-refractivity contribution in [1.29, 1.82) is 0 Å². The lowest BCUT2D eigenvalue weighted by Crippen LogP contribution is -2.53. The average Bonchev–Trinajstić information content (AvgIpc) is 2.72.